The minimum atomic E-state index is -0.786. The first-order chi connectivity index (χ1) is 7.26. The highest BCUT2D eigenvalue weighted by Gasteiger charge is 2.16. The molecule has 1 atom stereocenters. The number of unbranched alkanes of at least 4 members (excludes halogenated alkanes) is 1. The Morgan fingerprint density at radius 3 is 2.67 bits per heavy atom. The Kier molecular flexibility index (Phi) is 7.57. The van der Waals surface area contributed by atoms with E-state index in [1.165, 1.54) is 7.11 Å². The van der Waals surface area contributed by atoms with Gasteiger partial charge in [0.05, 0.1) is 7.11 Å². The summed E-state index contributed by atoms with van der Waals surface area (Å²) in [6.07, 6.45) is 1.69. The van der Waals surface area contributed by atoms with Crippen LogP contribution in [0.25, 0.3) is 20.9 Å². The van der Waals surface area contributed by atoms with Gasteiger partial charge in [0.15, 0.2) is 0 Å². The molecule has 0 radical (unpaired) electrons. The topological polar surface area (TPSA) is 124 Å². The molecule has 0 heterocycles. The quantitative estimate of drug-likeness (QED) is 0.211. The third kappa shape index (κ3) is 6.20. The zero-order valence-corrected chi connectivity index (χ0v) is 8.41. The molecule has 0 amide bonds. The zero-order chi connectivity index (χ0) is 11.5. The van der Waals surface area contributed by atoms with Crippen molar-refractivity contribution in [2.45, 2.75) is 25.3 Å². The zero-order valence-electron chi connectivity index (χ0n) is 8.41. The number of nitrogens with zero attached hydrogens (tertiary/aromatic N) is 6. The standard InChI is InChI=1S/C7H12N6O2/c1-15-7(14)6(11-13-9)4-2-3-5-10-12-8/h6H,2-5H2,1H3. The molecule has 8 heteroatoms. The van der Waals surface area contributed by atoms with Crippen molar-refractivity contribution in [2.24, 2.45) is 10.2 Å². The van der Waals surface area contributed by atoms with Gasteiger partial charge in [-0.2, -0.15) is 0 Å². The molecule has 0 aliphatic rings. The Bertz CT molecular complexity index is 292. The SMILES string of the molecule is COC(=O)C(CCCCN=[N+]=[N-])N=[N+]=[N-]. The van der Waals surface area contributed by atoms with Crippen LogP contribution >= 0.6 is 0 Å². The van der Waals surface area contributed by atoms with E-state index in [0.717, 1.165) is 0 Å². The lowest BCUT2D eigenvalue weighted by Crippen LogP contribution is -2.19. The van der Waals surface area contributed by atoms with E-state index in [1.54, 1.807) is 0 Å². The van der Waals surface area contributed by atoms with Crippen molar-refractivity contribution in [3.63, 3.8) is 0 Å². The summed E-state index contributed by atoms with van der Waals surface area (Å²) < 4.78 is 4.46. The third-order valence-corrected chi connectivity index (χ3v) is 1.71. The van der Waals surface area contributed by atoms with Crippen LogP contribution in [0.1, 0.15) is 19.3 Å². The first-order valence-corrected chi connectivity index (χ1v) is 4.39. The Hall–Kier alpha value is -1.91. The van der Waals surface area contributed by atoms with Crippen LogP contribution in [0.2, 0.25) is 0 Å². The average molecular weight is 212 g/mol. The number of rotatable bonds is 7. The van der Waals surface area contributed by atoms with Crippen molar-refractivity contribution in [3.05, 3.63) is 20.9 Å². The molecule has 0 saturated heterocycles. The molecule has 15 heavy (non-hydrogen) atoms. The Balaban J connectivity index is 3.91. The van der Waals surface area contributed by atoms with Gasteiger partial charge < -0.3 is 4.74 Å². The number of hydrogen-bond donors (Lipinski definition) is 0. The summed E-state index contributed by atoms with van der Waals surface area (Å²) in [7, 11) is 1.24. The normalized spacial score (nSPS) is 10.7. The summed E-state index contributed by atoms with van der Waals surface area (Å²) in [5, 5.41) is 6.66. The average Bonchev–Trinajstić information content (AvgIpc) is 2.26. The molecular formula is C7H12N6O2. The highest BCUT2D eigenvalue weighted by molar-refractivity contribution is 5.75. The number of hydrogen-bond acceptors (Lipinski definition) is 4. The fraction of sp³-hybridized carbons (Fsp3) is 0.857. The molecule has 0 spiro atoms. The first kappa shape index (κ1) is 13.1. The molecule has 0 saturated carbocycles. The maximum Gasteiger partial charge on any atom is 0.314 e. The van der Waals surface area contributed by atoms with Gasteiger partial charge in [0.2, 0.25) is 0 Å². The molecule has 0 fully saturated rings. The molecule has 0 aliphatic heterocycles. The van der Waals surface area contributed by atoms with E-state index < -0.39 is 12.0 Å². The van der Waals surface area contributed by atoms with Crippen LogP contribution in [0, 0.1) is 0 Å². The molecule has 82 valence electrons. The van der Waals surface area contributed by atoms with Gasteiger partial charge in [-0.05, 0) is 23.9 Å². The molecule has 0 aliphatic carbocycles. The lowest BCUT2D eigenvalue weighted by atomic mass is 10.1. The van der Waals surface area contributed by atoms with Crippen LogP contribution in [-0.4, -0.2) is 25.7 Å². The van der Waals surface area contributed by atoms with Crippen LogP contribution in [-0.2, 0) is 9.53 Å². The second-order valence-electron chi connectivity index (χ2n) is 2.69. The van der Waals surface area contributed by atoms with Crippen molar-refractivity contribution < 1.29 is 9.53 Å². The largest absolute Gasteiger partial charge is 0.469 e. The number of azide groups is 2. The highest BCUT2D eigenvalue weighted by atomic mass is 16.5. The number of carbonyl (C=O) groups is 1. The van der Waals surface area contributed by atoms with Crippen molar-refractivity contribution >= 4 is 5.97 Å². The lowest BCUT2D eigenvalue weighted by molar-refractivity contribution is -0.142. The van der Waals surface area contributed by atoms with E-state index in [9.17, 15) is 4.79 Å². The van der Waals surface area contributed by atoms with E-state index in [0.29, 0.717) is 25.8 Å². The van der Waals surface area contributed by atoms with Crippen LogP contribution in [0.3, 0.4) is 0 Å². The smallest absolute Gasteiger partial charge is 0.314 e. The summed E-state index contributed by atoms with van der Waals surface area (Å²) in [6, 6.07) is -0.786. The minimum absolute atomic E-state index is 0.376. The second-order valence-corrected chi connectivity index (χ2v) is 2.69. The minimum Gasteiger partial charge on any atom is -0.469 e. The van der Waals surface area contributed by atoms with Gasteiger partial charge in [0, 0.05) is 16.4 Å². The lowest BCUT2D eigenvalue weighted by Gasteiger charge is -2.07. The van der Waals surface area contributed by atoms with E-state index in [-0.39, 0.29) is 0 Å². The Labute approximate surface area is 86.5 Å². The summed E-state index contributed by atoms with van der Waals surface area (Å²) in [5.41, 5.74) is 16.2. The van der Waals surface area contributed by atoms with E-state index in [2.05, 4.69) is 24.8 Å². The van der Waals surface area contributed by atoms with Crippen molar-refractivity contribution in [1.29, 1.82) is 0 Å². The van der Waals surface area contributed by atoms with Gasteiger partial charge in [0.25, 0.3) is 0 Å². The molecule has 8 nitrogen and oxygen atoms in total. The Morgan fingerprint density at radius 2 is 2.13 bits per heavy atom. The van der Waals surface area contributed by atoms with Crippen molar-refractivity contribution in [3.8, 4) is 0 Å². The van der Waals surface area contributed by atoms with Crippen molar-refractivity contribution in [2.75, 3.05) is 13.7 Å². The maximum atomic E-state index is 11.1. The summed E-state index contributed by atoms with van der Waals surface area (Å²) >= 11 is 0. The molecule has 0 aromatic carbocycles. The summed E-state index contributed by atoms with van der Waals surface area (Å²) in [4.78, 5) is 16.2. The van der Waals surface area contributed by atoms with Crippen LogP contribution < -0.4 is 0 Å². The van der Waals surface area contributed by atoms with Gasteiger partial charge in [-0.3, -0.25) is 4.79 Å². The molecule has 0 N–H and O–H groups in total. The van der Waals surface area contributed by atoms with E-state index in [1.807, 2.05) is 0 Å². The van der Waals surface area contributed by atoms with Gasteiger partial charge in [-0.15, -0.1) is 0 Å². The number of carbonyl (C=O) groups excluding carboxylic acids is 1. The molecule has 0 aromatic heterocycles. The fourth-order valence-electron chi connectivity index (χ4n) is 0.986. The van der Waals surface area contributed by atoms with E-state index in [4.69, 9.17) is 11.1 Å². The maximum absolute atomic E-state index is 11.1. The molecule has 0 aromatic rings. The molecule has 1 unspecified atom stereocenters. The van der Waals surface area contributed by atoms with E-state index >= 15 is 0 Å². The van der Waals surface area contributed by atoms with Gasteiger partial charge in [-0.1, -0.05) is 16.6 Å². The first-order valence-electron chi connectivity index (χ1n) is 4.39. The molecule has 0 rings (SSSR count). The van der Waals surface area contributed by atoms with Crippen LogP contribution in [0.15, 0.2) is 10.2 Å². The predicted octanol–water partition coefficient (Wildman–Crippen LogP) is 2.32. The fourth-order valence-corrected chi connectivity index (χ4v) is 0.986. The summed E-state index contributed by atoms with van der Waals surface area (Å²) in [5.74, 6) is -0.545. The molecular weight excluding hydrogens is 200 g/mol. The van der Waals surface area contributed by atoms with Crippen LogP contribution in [0.5, 0.6) is 0 Å². The number of methoxy groups -OCH3 is 1. The third-order valence-electron chi connectivity index (χ3n) is 1.71. The van der Waals surface area contributed by atoms with Gasteiger partial charge in [0.1, 0.15) is 6.04 Å². The number of ether oxygens (including phenoxy) is 1. The second kappa shape index (κ2) is 8.68. The van der Waals surface area contributed by atoms with Gasteiger partial charge >= 0.3 is 5.97 Å². The predicted molar refractivity (Wildman–Crippen MR) is 52.8 cm³/mol. The molecule has 0 bridgehead atoms. The van der Waals surface area contributed by atoms with Crippen molar-refractivity contribution in [1.82, 2.24) is 0 Å². The monoisotopic (exact) mass is 212 g/mol. The van der Waals surface area contributed by atoms with Crippen LogP contribution in [0.4, 0.5) is 0 Å². The van der Waals surface area contributed by atoms with Gasteiger partial charge in [-0.25, -0.2) is 0 Å². The number of esters is 1. The Morgan fingerprint density at radius 1 is 1.40 bits per heavy atom. The highest BCUT2D eigenvalue weighted by Crippen LogP contribution is 2.07. The summed E-state index contributed by atoms with van der Waals surface area (Å²) in [6.45, 7) is 0.376.